The van der Waals surface area contributed by atoms with E-state index in [0.29, 0.717) is 29.2 Å². The number of ether oxygens (including phenoxy) is 2. The third-order valence-corrected chi connectivity index (χ3v) is 11.4. The number of aromatic hydroxyl groups is 2. The van der Waals surface area contributed by atoms with Gasteiger partial charge in [0, 0.05) is 52.2 Å². The second-order valence-corrected chi connectivity index (χ2v) is 14.9. The molecule has 2 atom stereocenters. The average Bonchev–Trinajstić information content (AvgIpc) is 3.25. The summed E-state index contributed by atoms with van der Waals surface area (Å²) in [5.41, 5.74) is 4.59. The number of aliphatic imine (C=N–C) groups is 1. The van der Waals surface area contributed by atoms with Crippen molar-refractivity contribution in [3.05, 3.63) is 145 Å². The molecule has 8 aromatic carbocycles. The molecule has 0 saturated carbocycles. The predicted molar refractivity (Wildman–Crippen MR) is 241 cm³/mol. The van der Waals surface area contributed by atoms with E-state index in [-0.39, 0.29) is 23.6 Å². The maximum Gasteiger partial charge on any atom is 0.132 e. The van der Waals surface area contributed by atoms with E-state index in [1.54, 1.807) is 20.4 Å². The minimum Gasteiger partial charge on any atom is -0.507 e. The van der Waals surface area contributed by atoms with E-state index in [4.69, 9.17) is 14.5 Å². The van der Waals surface area contributed by atoms with Crippen LogP contribution in [0.25, 0.3) is 65.3 Å². The number of phenols is 2. The summed E-state index contributed by atoms with van der Waals surface area (Å²) in [6.45, 7) is 2.51. The van der Waals surface area contributed by atoms with Crippen LogP contribution in [0.2, 0.25) is 0 Å². The van der Waals surface area contributed by atoms with Crippen molar-refractivity contribution in [2.75, 3.05) is 20.0 Å². The lowest BCUT2D eigenvalue weighted by Crippen LogP contribution is -2.37. The Morgan fingerprint density at radius 1 is 0.614 bits per heavy atom. The van der Waals surface area contributed by atoms with Crippen molar-refractivity contribution < 1.29 is 19.7 Å². The first kappa shape index (κ1) is 37.9. The van der Waals surface area contributed by atoms with Crippen LogP contribution in [0.4, 0.5) is 0 Å². The molecule has 3 N–H and O–H groups in total. The Bertz CT molecular complexity index is 2780. The van der Waals surface area contributed by atoms with Gasteiger partial charge in [0.15, 0.2) is 0 Å². The van der Waals surface area contributed by atoms with E-state index in [0.717, 1.165) is 83.9 Å². The van der Waals surface area contributed by atoms with Crippen LogP contribution in [0.1, 0.15) is 30.9 Å². The van der Waals surface area contributed by atoms with Crippen molar-refractivity contribution in [1.29, 1.82) is 0 Å². The average molecular weight is 771 g/mol. The Hall–Kier alpha value is -6.02. The van der Waals surface area contributed by atoms with Crippen LogP contribution in [-0.2, 0) is 6.54 Å². The first-order valence-corrected chi connectivity index (χ1v) is 20.0. The van der Waals surface area contributed by atoms with Crippen molar-refractivity contribution in [1.82, 2.24) is 5.32 Å². The summed E-state index contributed by atoms with van der Waals surface area (Å²) in [7, 11) is 3.34. The van der Waals surface area contributed by atoms with Gasteiger partial charge in [-0.2, -0.15) is 12.6 Å². The Labute approximate surface area is 338 Å². The SMILES string of the molecule is COc1ccc2ccccc2c1-c1c(O)c(/C=N/[C@@H](C)C(CCCS)NCc2cc3ccccc3c(-c3c(OC)ccc4ccccc34)c2O)cc2ccccc12. The van der Waals surface area contributed by atoms with Crippen molar-refractivity contribution >= 4 is 61.9 Å². The van der Waals surface area contributed by atoms with Crippen molar-refractivity contribution in [3.8, 4) is 45.3 Å². The fourth-order valence-electron chi connectivity index (χ4n) is 8.22. The van der Waals surface area contributed by atoms with Gasteiger partial charge in [-0.25, -0.2) is 0 Å². The van der Waals surface area contributed by atoms with Gasteiger partial charge < -0.3 is 25.0 Å². The lowest BCUT2D eigenvalue weighted by atomic mass is 9.90. The number of hydrogen-bond acceptors (Lipinski definition) is 7. The van der Waals surface area contributed by atoms with Gasteiger partial charge in [0.2, 0.25) is 0 Å². The molecule has 0 radical (unpaired) electrons. The van der Waals surface area contributed by atoms with Crippen LogP contribution in [0.5, 0.6) is 23.0 Å². The van der Waals surface area contributed by atoms with Gasteiger partial charge in [-0.1, -0.05) is 109 Å². The van der Waals surface area contributed by atoms with E-state index in [1.165, 1.54) is 0 Å². The summed E-state index contributed by atoms with van der Waals surface area (Å²) in [6, 6.07) is 44.5. The van der Waals surface area contributed by atoms with Gasteiger partial charge in [-0.05, 0) is 92.9 Å². The van der Waals surface area contributed by atoms with Crippen LogP contribution >= 0.6 is 12.6 Å². The molecule has 0 amide bonds. The number of thiol groups is 1. The van der Waals surface area contributed by atoms with Crippen LogP contribution in [0, 0.1) is 0 Å². The zero-order chi connectivity index (χ0) is 39.5. The topological polar surface area (TPSA) is 83.3 Å². The minimum absolute atomic E-state index is 0.0463. The molecule has 0 spiro atoms. The van der Waals surface area contributed by atoms with Gasteiger partial charge >= 0.3 is 0 Å². The molecule has 0 fully saturated rings. The van der Waals surface area contributed by atoms with Gasteiger partial charge in [0.05, 0.1) is 20.3 Å². The number of fused-ring (bicyclic) bond motifs is 4. The number of methoxy groups -OCH3 is 2. The first-order chi connectivity index (χ1) is 27.9. The lowest BCUT2D eigenvalue weighted by molar-refractivity contribution is 0.410. The number of rotatable bonds is 13. The Kier molecular flexibility index (Phi) is 11.0. The second-order valence-electron chi connectivity index (χ2n) is 14.5. The maximum absolute atomic E-state index is 12.2. The fraction of sp³-hybridized carbons (Fsp3) is 0.180. The van der Waals surface area contributed by atoms with Crippen LogP contribution < -0.4 is 14.8 Å². The van der Waals surface area contributed by atoms with E-state index in [1.807, 2.05) is 78.9 Å². The van der Waals surface area contributed by atoms with Crippen LogP contribution in [-0.4, -0.2) is 48.5 Å². The highest BCUT2D eigenvalue weighted by atomic mass is 32.1. The number of nitrogens with zero attached hydrogens (tertiary/aromatic N) is 1. The summed E-state index contributed by atoms with van der Waals surface area (Å²) in [5.74, 6) is 2.50. The quantitative estimate of drug-likeness (QED) is 0.0693. The number of nitrogens with one attached hydrogen (secondary N) is 1. The highest BCUT2D eigenvalue weighted by molar-refractivity contribution is 7.80. The van der Waals surface area contributed by atoms with Crippen molar-refractivity contribution in [3.63, 3.8) is 0 Å². The largest absolute Gasteiger partial charge is 0.507 e. The number of phenolic OH excluding ortho intramolecular Hbond substituents is 2. The van der Waals surface area contributed by atoms with E-state index in [9.17, 15) is 10.2 Å². The molecule has 0 aliphatic carbocycles. The summed E-state index contributed by atoms with van der Waals surface area (Å²) >= 11 is 4.54. The molecular weight excluding hydrogens is 725 g/mol. The lowest BCUT2D eigenvalue weighted by Gasteiger charge is -2.24. The number of benzene rings is 8. The van der Waals surface area contributed by atoms with E-state index >= 15 is 0 Å². The van der Waals surface area contributed by atoms with Crippen LogP contribution in [0.3, 0.4) is 0 Å². The van der Waals surface area contributed by atoms with Crippen molar-refractivity contribution in [2.45, 2.75) is 38.4 Å². The Morgan fingerprint density at radius 2 is 1.09 bits per heavy atom. The Balaban J connectivity index is 1.16. The fourth-order valence-corrected chi connectivity index (χ4v) is 8.40. The normalized spacial score (nSPS) is 12.8. The third-order valence-electron chi connectivity index (χ3n) is 11.1. The van der Waals surface area contributed by atoms with E-state index < -0.39 is 0 Å². The zero-order valence-corrected chi connectivity index (χ0v) is 33.3. The zero-order valence-electron chi connectivity index (χ0n) is 32.4. The first-order valence-electron chi connectivity index (χ1n) is 19.4. The van der Waals surface area contributed by atoms with Gasteiger partial charge in [-0.15, -0.1) is 0 Å². The molecule has 0 heterocycles. The molecule has 0 aliphatic rings. The molecule has 7 heteroatoms. The molecule has 0 aromatic heterocycles. The van der Waals surface area contributed by atoms with E-state index in [2.05, 4.69) is 79.5 Å². The molecule has 0 bridgehead atoms. The second kappa shape index (κ2) is 16.6. The molecule has 8 rings (SSSR count). The molecule has 8 aromatic rings. The standard InChI is InChI=1S/C50H46N2O4S/c1-31(51-29-36-27-34-15-6-10-19-40(34)47(49(36)53)45-38-17-8-4-13-32(38)22-24-43(45)55-2)42(21-12-26-57)52-30-37-28-35-16-7-11-20-41(35)48(50(37)54)46-39-18-9-5-14-33(39)23-25-44(46)56-3/h4-11,13-20,22-25,27-29,31,42,52-54,57H,12,21,26,30H2,1-3H3/b51-29+/t31-,42?/m0/s1. The molecule has 0 aliphatic heterocycles. The highest BCUT2D eigenvalue weighted by Gasteiger charge is 2.23. The predicted octanol–water partition coefficient (Wildman–Crippen LogP) is 11.7. The third kappa shape index (κ3) is 7.25. The molecular formula is C50H46N2O4S. The minimum atomic E-state index is -0.175. The molecule has 286 valence electrons. The summed E-state index contributed by atoms with van der Waals surface area (Å²) in [6.07, 6.45) is 3.50. The molecule has 6 nitrogen and oxygen atoms in total. The van der Waals surface area contributed by atoms with Gasteiger partial charge in [0.25, 0.3) is 0 Å². The van der Waals surface area contributed by atoms with Gasteiger partial charge in [-0.3, -0.25) is 4.99 Å². The van der Waals surface area contributed by atoms with Crippen molar-refractivity contribution in [2.24, 2.45) is 4.99 Å². The molecule has 0 saturated heterocycles. The maximum atomic E-state index is 12.2. The molecule has 1 unspecified atom stereocenters. The summed E-state index contributed by atoms with van der Waals surface area (Å²) in [5, 5.41) is 36.1. The summed E-state index contributed by atoms with van der Waals surface area (Å²) in [4.78, 5) is 5.08. The smallest absolute Gasteiger partial charge is 0.132 e. The monoisotopic (exact) mass is 770 g/mol. The molecule has 57 heavy (non-hydrogen) atoms. The van der Waals surface area contributed by atoms with Gasteiger partial charge in [0.1, 0.15) is 23.0 Å². The highest BCUT2D eigenvalue weighted by Crippen LogP contribution is 2.48. The van der Waals surface area contributed by atoms with Crippen LogP contribution in [0.15, 0.2) is 138 Å². The number of hydrogen-bond donors (Lipinski definition) is 4. The Morgan fingerprint density at radius 3 is 1.61 bits per heavy atom. The summed E-state index contributed by atoms with van der Waals surface area (Å²) < 4.78 is 11.8.